The van der Waals surface area contributed by atoms with Gasteiger partial charge in [-0.3, -0.25) is 14.6 Å². The number of H-pyrrole nitrogens is 1. The molecule has 0 aliphatic carbocycles. The van der Waals surface area contributed by atoms with Crippen molar-refractivity contribution in [2.45, 2.75) is 18.6 Å². The Balaban J connectivity index is 1.71. The topological polar surface area (TPSA) is 88.5 Å². The van der Waals surface area contributed by atoms with E-state index in [0.717, 1.165) is 17.5 Å². The standard InChI is InChI=1S/C10H14N6OS/c1-2-16-5-3-8(15-16)9(17)11-4-6-18-10-12-7-13-14-10/h3,5,7H,2,4,6H2,1H3,(H,11,17)(H,12,13,14). The average Bonchev–Trinajstić information content (AvgIpc) is 3.05. The number of rotatable bonds is 6. The molecule has 0 radical (unpaired) electrons. The SMILES string of the molecule is CCn1ccc(C(=O)NCCSc2ncn[nH]2)n1. The van der Waals surface area contributed by atoms with Crippen LogP contribution < -0.4 is 5.32 Å². The Kier molecular flexibility index (Phi) is 4.35. The predicted octanol–water partition coefficient (Wildman–Crippen LogP) is 0.543. The van der Waals surface area contributed by atoms with E-state index in [1.54, 1.807) is 16.9 Å². The van der Waals surface area contributed by atoms with E-state index in [1.165, 1.54) is 18.1 Å². The minimum atomic E-state index is -0.152. The summed E-state index contributed by atoms with van der Waals surface area (Å²) in [6.45, 7) is 3.29. The minimum Gasteiger partial charge on any atom is -0.350 e. The number of aromatic nitrogens is 5. The first-order valence-electron chi connectivity index (χ1n) is 5.59. The summed E-state index contributed by atoms with van der Waals surface area (Å²) in [6, 6.07) is 1.71. The fraction of sp³-hybridized carbons (Fsp3) is 0.400. The lowest BCUT2D eigenvalue weighted by molar-refractivity contribution is 0.0950. The van der Waals surface area contributed by atoms with E-state index in [9.17, 15) is 4.79 Å². The van der Waals surface area contributed by atoms with Gasteiger partial charge in [0.25, 0.3) is 5.91 Å². The van der Waals surface area contributed by atoms with Gasteiger partial charge in [-0.2, -0.15) is 10.2 Å². The molecule has 0 aromatic carbocycles. The van der Waals surface area contributed by atoms with Crippen molar-refractivity contribution < 1.29 is 4.79 Å². The summed E-state index contributed by atoms with van der Waals surface area (Å²) < 4.78 is 1.72. The lowest BCUT2D eigenvalue weighted by Gasteiger charge is -2.01. The Morgan fingerprint density at radius 1 is 1.61 bits per heavy atom. The van der Waals surface area contributed by atoms with Crippen LogP contribution in [0.4, 0.5) is 0 Å². The van der Waals surface area contributed by atoms with Crippen molar-refractivity contribution in [3.63, 3.8) is 0 Å². The van der Waals surface area contributed by atoms with Crippen LogP contribution in [0.2, 0.25) is 0 Å². The third-order valence-corrected chi connectivity index (χ3v) is 3.09. The summed E-state index contributed by atoms with van der Waals surface area (Å²) >= 11 is 1.50. The van der Waals surface area contributed by atoms with E-state index in [1.807, 2.05) is 6.92 Å². The molecule has 2 aromatic heterocycles. The zero-order valence-electron chi connectivity index (χ0n) is 9.96. The van der Waals surface area contributed by atoms with E-state index in [-0.39, 0.29) is 5.91 Å². The van der Waals surface area contributed by atoms with Crippen LogP contribution in [-0.2, 0) is 6.54 Å². The van der Waals surface area contributed by atoms with Crippen LogP contribution in [0.1, 0.15) is 17.4 Å². The monoisotopic (exact) mass is 266 g/mol. The molecule has 8 heteroatoms. The van der Waals surface area contributed by atoms with Gasteiger partial charge >= 0.3 is 0 Å². The number of aryl methyl sites for hydroxylation is 1. The van der Waals surface area contributed by atoms with Gasteiger partial charge in [-0.25, -0.2) is 4.98 Å². The molecule has 0 fully saturated rings. The van der Waals surface area contributed by atoms with Gasteiger partial charge in [-0.15, -0.1) is 0 Å². The number of amides is 1. The van der Waals surface area contributed by atoms with Crippen molar-refractivity contribution in [1.29, 1.82) is 0 Å². The molecule has 7 nitrogen and oxygen atoms in total. The Morgan fingerprint density at radius 3 is 3.17 bits per heavy atom. The average molecular weight is 266 g/mol. The second-order valence-corrected chi connectivity index (χ2v) is 4.54. The Labute approximate surface area is 108 Å². The van der Waals surface area contributed by atoms with Crippen LogP contribution >= 0.6 is 11.8 Å². The number of carbonyl (C=O) groups excluding carboxylic acids is 1. The lowest BCUT2D eigenvalue weighted by Crippen LogP contribution is -2.26. The summed E-state index contributed by atoms with van der Waals surface area (Å²) in [5.74, 6) is 0.579. The fourth-order valence-corrected chi connectivity index (χ4v) is 1.96. The summed E-state index contributed by atoms with van der Waals surface area (Å²) in [6.07, 6.45) is 3.25. The van der Waals surface area contributed by atoms with Crippen molar-refractivity contribution in [2.75, 3.05) is 12.3 Å². The zero-order valence-corrected chi connectivity index (χ0v) is 10.8. The molecule has 0 aliphatic heterocycles. The van der Waals surface area contributed by atoms with Crippen molar-refractivity contribution in [3.8, 4) is 0 Å². The van der Waals surface area contributed by atoms with Gasteiger partial charge in [0.2, 0.25) is 0 Å². The van der Waals surface area contributed by atoms with Gasteiger partial charge in [0.05, 0.1) is 0 Å². The predicted molar refractivity (Wildman–Crippen MR) is 67.3 cm³/mol. The highest BCUT2D eigenvalue weighted by atomic mass is 32.2. The quantitative estimate of drug-likeness (QED) is 0.588. The third-order valence-electron chi connectivity index (χ3n) is 2.22. The summed E-state index contributed by atoms with van der Waals surface area (Å²) in [4.78, 5) is 15.7. The number of nitrogens with one attached hydrogen (secondary N) is 2. The number of thioether (sulfide) groups is 1. The number of aromatic amines is 1. The van der Waals surface area contributed by atoms with Crippen LogP contribution in [0, 0.1) is 0 Å². The van der Waals surface area contributed by atoms with Crippen LogP contribution in [-0.4, -0.2) is 43.2 Å². The molecule has 18 heavy (non-hydrogen) atoms. The summed E-state index contributed by atoms with van der Waals surface area (Å²) in [5.41, 5.74) is 0.446. The van der Waals surface area contributed by atoms with Crippen molar-refractivity contribution in [2.24, 2.45) is 0 Å². The first-order valence-corrected chi connectivity index (χ1v) is 6.58. The maximum absolute atomic E-state index is 11.7. The molecule has 2 heterocycles. The van der Waals surface area contributed by atoms with E-state index < -0.39 is 0 Å². The van der Waals surface area contributed by atoms with Crippen molar-refractivity contribution in [1.82, 2.24) is 30.3 Å². The Hall–Kier alpha value is -1.83. The maximum atomic E-state index is 11.7. The highest BCUT2D eigenvalue weighted by molar-refractivity contribution is 7.99. The molecule has 0 bridgehead atoms. The molecule has 0 saturated heterocycles. The minimum absolute atomic E-state index is 0.152. The number of hydrogen-bond acceptors (Lipinski definition) is 5. The van der Waals surface area contributed by atoms with Gasteiger partial charge in [0.1, 0.15) is 12.0 Å². The van der Waals surface area contributed by atoms with Crippen LogP contribution in [0.5, 0.6) is 0 Å². The van der Waals surface area contributed by atoms with Gasteiger partial charge < -0.3 is 5.32 Å². The molecule has 2 aromatic rings. The highest BCUT2D eigenvalue weighted by Crippen LogP contribution is 2.08. The van der Waals surface area contributed by atoms with Gasteiger partial charge in [0.15, 0.2) is 5.16 Å². The van der Waals surface area contributed by atoms with Crippen molar-refractivity contribution >= 4 is 17.7 Å². The van der Waals surface area contributed by atoms with Crippen molar-refractivity contribution in [3.05, 3.63) is 24.3 Å². The largest absolute Gasteiger partial charge is 0.350 e. The summed E-state index contributed by atoms with van der Waals surface area (Å²) in [7, 11) is 0. The number of carbonyl (C=O) groups is 1. The second-order valence-electron chi connectivity index (χ2n) is 3.45. The molecule has 1 amide bonds. The second kappa shape index (κ2) is 6.20. The van der Waals surface area contributed by atoms with E-state index in [4.69, 9.17) is 0 Å². The molecule has 0 aliphatic rings. The van der Waals surface area contributed by atoms with Crippen LogP contribution in [0.3, 0.4) is 0 Å². The molecule has 0 saturated carbocycles. The van der Waals surface area contributed by atoms with Gasteiger partial charge in [-0.1, -0.05) is 11.8 Å². The first-order chi connectivity index (χ1) is 8.79. The van der Waals surface area contributed by atoms with E-state index in [2.05, 4.69) is 25.6 Å². The maximum Gasteiger partial charge on any atom is 0.271 e. The molecule has 0 unspecified atom stereocenters. The number of nitrogens with zero attached hydrogens (tertiary/aromatic N) is 4. The van der Waals surface area contributed by atoms with Gasteiger partial charge in [-0.05, 0) is 13.0 Å². The molecule has 2 N–H and O–H groups in total. The Bertz CT molecular complexity index is 494. The third kappa shape index (κ3) is 3.33. The zero-order chi connectivity index (χ0) is 12.8. The molecule has 0 spiro atoms. The molecule has 2 rings (SSSR count). The van der Waals surface area contributed by atoms with E-state index >= 15 is 0 Å². The smallest absolute Gasteiger partial charge is 0.271 e. The van der Waals surface area contributed by atoms with Crippen LogP contribution in [0.25, 0.3) is 0 Å². The molecule has 96 valence electrons. The molecular formula is C10H14N6OS. The van der Waals surface area contributed by atoms with Crippen LogP contribution in [0.15, 0.2) is 23.7 Å². The Morgan fingerprint density at radius 2 is 2.50 bits per heavy atom. The van der Waals surface area contributed by atoms with Gasteiger partial charge in [0, 0.05) is 25.0 Å². The number of hydrogen-bond donors (Lipinski definition) is 2. The normalized spacial score (nSPS) is 10.5. The highest BCUT2D eigenvalue weighted by Gasteiger charge is 2.08. The lowest BCUT2D eigenvalue weighted by atomic mass is 10.4. The summed E-state index contributed by atoms with van der Waals surface area (Å²) in [5, 5.41) is 14.2. The molecule has 0 atom stereocenters. The van der Waals surface area contributed by atoms with E-state index in [0.29, 0.717) is 12.2 Å². The molecular weight excluding hydrogens is 252 g/mol. The fourth-order valence-electron chi connectivity index (χ4n) is 1.33. The first kappa shape index (κ1) is 12.6.